The summed E-state index contributed by atoms with van der Waals surface area (Å²) in [4.78, 5) is 13.7. The normalized spacial score (nSPS) is 19.9. The summed E-state index contributed by atoms with van der Waals surface area (Å²) in [5.74, 6) is 0.829. The average molecular weight is 266 g/mol. The Bertz CT molecular complexity index is 444. The number of hydrogen-bond donors (Lipinski definition) is 0. The van der Waals surface area contributed by atoms with E-state index >= 15 is 0 Å². The monoisotopic (exact) mass is 265 g/mol. The number of anilines is 1. The maximum absolute atomic E-state index is 11.3. The van der Waals surface area contributed by atoms with Gasteiger partial charge in [0, 0.05) is 18.7 Å². The lowest BCUT2D eigenvalue weighted by Gasteiger charge is -2.34. The number of piperidine rings is 1. The molecular weight excluding hydrogens is 246 g/mol. The fourth-order valence-corrected chi connectivity index (χ4v) is 2.90. The largest absolute Gasteiger partial charge is 0.370 e. The third kappa shape index (κ3) is 2.86. The third-order valence-electron chi connectivity index (χ3n) is 3.79. The number of carbonyl (C=O) groups excluding carboxylic acids is 1. The Morgan fingerprint density at radius 2 is 2.28 bits per heavy atom. The number of nitrogens with zero attached hydrogens (tertiary/aromatic N) is 1. The van der Waals surface area contributed by atoms with E-state index in [0.29, 0.717) is 10.6 Å². The molecular formula is C15H20ClNO. The summed E-state index contributed by atoms with van der Waals surface area (Å²) < 4.78 is 0. The van der Waals surface area contributed by atoms with E-state index < -0.39 is 0 Å². The molecule has 1 saturated heterocycles. The number of rotatable bonds is 3. The van der Waals surface area contributed by atoms with Gasteiger partial charge in [-0.3, -0.25) is 4.79 Å². The van der Waals surface area contributed by atoms with Gasteiger partial charge in [-0.05, 0) is 43.9 Å². The molecule has 1 atom stereocenters. The van der Waals surface area contributed by atoms with E-state index in [2.05, 4.69) is 11.8 Å². The van der Waals surface area contributed by atoms with Crippen molar-refractivity contribution in [2.75, 3.05) is 18.0 Å². The highest BCUT2D eigenvalue weighted by Crippen LogP contribution is 2.31. The van der Waals surface area contributed by atoms with Crippen LogP contribution in [0.2, 0.25) is 5.02 Å². The fraction of sp³-hybridized carbons (Fsp3) is 0.533. The van der Waals surface area contributed by atoms with Crippen molar-refractivity contribution in [3.05, 3.63) is 28.8 Å². The lowest BCUT2D eigenvalue weighted by Crippen LogP contribution is -2.35. The van der Waals surface area contributed by atoms with Gasteiger partial charge in [0.25, 0.3) is 0 Å². The maximum atomic E-state index is 11.3. The zero-order valence-electron chi connectivity index (χ0n) is 11.1. The summed E-state index contributed by atoms with van der Waals surface area (Å²) in [5, 5.41) is 0.694. The van der Waals surface area contributed by atoms with Crippen LogP contribution >= 0.6 is 11.6 Å². The minimum Gasteiger partial charge on any atom is -0.370 e. The molecule has 1 fully saturated rings. The summed E-state index contributed by atoms with van der Waals surface area (Å²) in [6, 6.07) is 5.64. The smallest absolute Gasteiger partial charge is 0.159 e. The van der Waals surface area contributed by atoms with Crippen molar-refractivity contribution in [3.63, 3.8) is 0 Å². The molecule has 0 spiro atoms. The average Bonchev–Trinajstić information content (AvgIpc) is 2.38. The van der Waals surface area contributed by atoms with Crippen molar-refractivity contribution >= 4 is 23.1 Å². The third-order valence-corrected chi connectivity index (χ3v) is 4.09. The predicted octanol–water partition coefficient (Wildman–Crippen LogP) is 4.17. The van der Waals surface area contributed by atoms with Gasteiger partial charge in [0.05, 0.1) is 10.7 Å². The molecule has 1 aromatic rings. The van der Waals surface area contributed by atoms with Gasteiger partial charge < -0.3 is 4.90 Å². The first kappa shape index (κ1) is 13.4. The highest BCUT2D eigenvalue weighted by Gasteiger charge is 2.20. The molecule has 0 N–H and O–H groups in total. The fourth-order valence-electron chi connectivity index (χ4n) is 2.60. The summed E-state index contributed by atoms with van der Waals surface area (Å²) >= 11 is 6.30. The summed E-state index contributed by atoms with van der Waals surface area (Å²) in [7, 11) is 0. The molecule has 0 amide bonds. The van der Waals surface area contributed by atoms with E-state index in [0.717, 1.165) is 24.7 Å². The van der Waals surface area contributed by atoms with Crippen LogP contribution in [0, 0.1) is 5.92 Å². The second kappa shape index (κ2) is 5.75. The standard InChI is InChI=1S/C15H20ClNO/c1-3-12-5-4-8-17(10-12)15-7-6-13(11(2)18)9-14(15)16/h6-7,9,12H,3-5,8,10H2,1-2H3. The van der Waals surface area contributed by atoms with Crippen LogP contribution in [-0.4, -0.2) is 18.9 Å². The van der Waals surface area contributed by atoms with Crippen molar-refractivity contribution in [2.45, 2.75) is 33.1 Å². The second-order valence-corrected chi connectivity index (χ2v) is 5.49. The molecule has 1 aromatic carbocycles. The molecule has 1 aliphatic rings. The molecule has 0 radical (unpaired) electrons. The van der Waals surface area contributed by atoms with Crippen molar-refractivity contribution in [1.82, 2.24) is 0 Å². The van der Waals surface area contributed by atoms with E-state index in [1.54, 1.807) is 13.0 Å². The number of Topliss-reactive ketones (excluding diaryl/α,β-unsaturated/α-hetero) is 1. The molecule has 3 heteroatoms. The van der Waals surface area contributed by atoms with Gasteiger partial charge in [0.2, 0.25) is 0 Å². The molecule has 0 aliphatic carbocycles. The number of benzene rings is 1. The number of carbonyl (C=O) groups is 1. The highest BCUT2D eigenvalue weighted by atomic mass is 35.5. The van der Waals surface area contributed by atoms with Gasteiger partial charge in [0.15, 0.2) is 5.78 Å². The van der Waals surface area contributed by atoms with Crippen LogP contribution < -0.4 is 4.90 Å². The van der Waals surface area contributed by atoms with E-state index in [-0.39, 0.29) is 5.78 Å². The van der Waals surface area contributed by atoms with Gasteiger partial charge in [-0.25, -0.2) is 0 Å². The molecule has 1 heterocycles. The molecule has 2 nitrogen and oxygen atoms in total. The Morgan fingerprint density at radius 3 is 2.89 bits per heavy atom. The number of ketones is 1. The molecule has 1 unspecified atom stereocenters. The Morgan fingerprint density at radius 1 is 1.50 bits per heavy atom. The SMILES string of the molecule is CCC1CCCN(c2ccc(C(C)=O)cc2Cl)C1. The van der Waals surface area contributed by atoms with Crippen molar-refractivity contribution in [2.24, 2.45) is 5.92 Å². The highest BCUT2D eigenvalue weighted by molar-refractivity contribution is 6.33. The first-order chi connectivity index (χ1) is 8.61. The number of hydrogen-bond acceptors (Lipinski definition) is 2. The molecule has 2 rings (SSSR count). The summed E-state index contributed by atoms with van der Waals surface area (Å²) in [6.45, 7) is 5.96. The van der Waals surface area contributed by atoms with Gasteiger partial charge in [-0.15, -0.1) is 0 Å². The predicted molar refractivity (Wildman–Crippen MR) is 76.7 cm³/mol. The molecule has 0 saturated carbocycles. The van der Waals surface area contributed by atoms with Crippen LogP contribution in [0.4, 0.5) is 5.69 Å². The molecule has 1 aliphatic heterocycles. The van der Waals surface area contributed by atoms with Gasteiger partial charge in [0.1, 0.15) is 0 Å². The Labute approximate surface area is 114 Å². The Hall–Kier alpha value is -1.02. The molecule has 98 valence electrons. The van der Waals surface area contributed by atoms with Crippen LogP contribution in [0.3, 0.4) is 0 Å². The van der Waals surface area contributed by atoms with Gasteiger partial charge in [-0.1, -0.05) is 24.9 Å². The zero-order chi connectivity index (χ0) is 13.1. The maximum Gasteiger partial charge on any atom is 0.159 e. The van der Waals surface area contributed by atoms with E-state index in [4.69, 9.17) is 11.6 Å². The van der Waals surface area contributed by atoms with Crippen molar-refractivity contribution in [3.8, 4) is 0 Å². The quantitative estimate of drug-likeness (QED) is 0.765. The van der Waals surface area contributed by atoms with Crippen molar-refractivity contribution in [1.29, 1.82) is 0 Å². The van der Waals surface area contributed by atoms with Crippen LogP contribution in [0.1, 0.15) is 43.5 Å². The van der Waals surface area contributed by atoms with Crippen LogP contribution in [0.15, 0.2) is 18.2 Å². The van der Waals surface area contributed by atoms with Crippen LogP contribution in [0.25, 0.3) is 0 Å². The van der Waals surface area contributed by atoms with Crippen molar-refractivity contribution < 1.29 is 4.79 Å². The second-order valence-electron chi connectivity index (χ2n) is 5.08. The molecule has 0 aromatic heterocycles. The zero-order valence-corrected chi connectivity index (χ0v) is 11.8. The van der Waals surface area contributed by atoms with E-state index in [1.165, 1.54) is 19.3 Å². The first-order valence-electron chi connectivity index (χ1n) is 6.67. The lowest BCUT2D eigenvalue weighted by atomic mass is 9.95. The van der Waals surface area contributed by atoms with Crippen LogP contribution in [-0.2, 0) is 0 Å². The minimum absolute atomic E-state index is 0.0635. The topological polar surface area (TPSA) is 20.3 Å². The van der Waals surface area contributed by atoms with E-state index in [1.807, 2.05) is 12.1 Å². The summed E-state index contributed by atoms with van der Waals surface area (Å²) in [6.07, 6.45) is 3.76. The van der Waals surface area contributed by atoms with E-state index in [9.17, 15) is 4.79 Å². The lowest BCUT2D eigenvalue weighted by molar-refractivity contribution is 0.101. The summed E-state index contributed by atoms with van der Waals surface area (Å²) in [5.41, 5.74) is 1.76. The number of halogens is 1. The Kier molecular flexibility index (Phi) is 4.28. The van der Waals surface area contributed by atoms with Gasteiger partial charge in [-0.2, -0.15) is 0 Å². The van der Waals surface area contributed by atoms with Gasteiger partial charge >= 0.3 is 0 Å². The molecule has 18 heavy (non-hydrogen) atoms. The molecule has 0 bridgehead atoms. The minimum atomic E-state index is 0.0635. The first-order valence-corrected chi connectivity index (χ1v) is 7.05. The van der Waals surface area contributed by atoms with Crippen LogP contribution in [0.5, 0.6) is 0 Å². The Balaban J connectivity index is 2.20.